The zero-order chi connectivity index (χ0) is 19.9. The number of carbonyl (C=O) groups is 2. The van der Waals surface area contributed by atoms with Gasteiger partial charge in [0.1, 0.15) is 12.5 Å². The van der Waals surface area contributed by atoms with Crippen LogP contribution in [0.2, 0.25) is 0 Å². The van der Waals surface area contributed by atoms with Gasteiger partial charge in [0.15, 0.2) is 6.16 Å². The Hall–Kier alpha value is -1.04. The van der Waals surface area contributed by atoms with Crippen LogP contribution >= 0.6 is 8.03 Å². The highest BCUT2D eigenvalue weighted by Crippen LogP contribution is 2.29. The molecule has 3 atom stereocenters. The van der Waals surface area contributed by atoms with Crippen molar-refractivity contribution in [2.24, 2.45) is 5.92 Å². The molecule has 1 saturated heterocycles. The predicted molar refractivity (Wildman–Crippen MR) is 104 cm³/mol. The van der Waals surface area contributed by atoms with Crippen LogP contribution in [0.25, 0.3) is 0 Å². The molecule has 1 heterocycles. The number of hydrogen-bond acceptors (Lipinski definition) is 7. The molecule has 0 aromatic carbocycles. The molecule has 156 valence electrons. The standard InChI is InChI=1S/C19H35NO6P/c1-3-5-12-24-18(21)10-9-16(19(22)25-13-6-4-2)15-27(23)26-14-17-8-7-11-20-17/h16-17,20H,3-15H2,1-2H3/q+1/t16?,17-/m0/s1. The number of esters is 2. The Kier molecular flexibility index (Phi) is 13.3. The monoisotopic (exact) mass is 404 g/mol. The van der Waals surface area contributed by atoms with E-state index in [1.807, 2.05) is 13.8 Å². The van der Waals surface area contributed by atoms with Crippen LogP contribution in [-0.2, 0) is 28.2 Å². The molecule has 0 amide bonds. The summed E-state index contributed by atoms with van der Waals surface area (Å²) in [6.07, 6.45) is 6.05. The van der Waals surface area contributed by atoms with Crippen LogP contribution in [0, 0.1) is 5.92 Å². The maximum atomic E-state index is 12.3. The Morgan fingerprint density at radius 2 is 1.85 bits per heavy atom. The molecule has 2 unspecified atom stereocenters. The van der Waals surface area contributed by atoms with Gasteiger partial charge in [-0.05, 0) is 43.2 Å². The van der Waals surface area contributed by atoms with Gasteiger partial charge >= 0.3 is 20.0 Å². The summed E-state index contributed by atoms with van der Waals surface area (Å²) in [5, 5.41) is 3.28. The smallest absolute Gasteiger partial charge is 0.466 e. The molecule has 0 spiro atoms. The lowest BCUT2D eigenvalue weighted by Crippen LogP contribution is -2.26. The Morgan fingerprint density at radius 1 is 1.15 bits per heavy atom. The second-order valence-corrected chi connectivity index (χ2v) is 8.22. The fourth-order valence-corrected chi connectivity index (χ4v) is 3.86. The van der Waals surface area contributed by atoms with Crippen molar-refractivity contribution in [3.05, 3.63) is 0 Å². The average molecular weight is 404 g/mol. The first-order valence-corrected chi connectivity index (χ1v) is 11.6. The molecule has 0 aliphatic carbocycles. The number of ether oxygens (including phenoxy) is 2. The van der Waals surface area contributed by atoms with Crippen LogP contribution in [0.3, 0.4) is 0 Å². The van der Waals surface area contributed by atoms with Gasteiger partial charge in [0.05, 0.1) is 13.2 Å². The number of carbonyl (C=O) groups excluding carboxylic acids is 2. The quantitative estimate of drug-likeness (QED) is 0.253. The second kappa shape index (κ2) is 14.9. The van der Waals surface area contributed by atoms with Gasteiger partial charge in [0.2, 0.25) is 0 Å². The van der Waals surface area contributed by atoms with E-state index in [0.29, 0.717) is 19.8 Å². The first-order chi connectivity index (χ1) is 13.1. The third-order valence-electron chi connectivity index (χ3n) is 4.48. The molecule has 7 nitrogen and oxygen atoms in total. The Bertz CT molecular complexity index is 453. The molecule has 1 fully saturated rings. The molecule has 1 aliphatic rings. The number of nitrogens with one attached hydrogen (secondary N) is 1. The summed E-state index contributed by atoms with van der Waals surface area (Å²) in [4.78, 5) is 24.1. The van der Waals surface area contributed by atoms with Crippen LogP contribution < -0.4 is 5.32 Å². The average Bonchev–Trinajstić information content (AvgIpc) is 3.17. The highest BCUT2D eigenvalue weighted by atomic mass is 31.1. The summed E-state index contributed by atoms with van der Waals surface area (Å²) in [7, 11) is -1.97. The van der Waals surface area contributed by atoms with Gasteiger partial charge in [-0.2, -0.15) is 0 Å². The van der Waals surface area contributed by atoms with Crippen molar-refractivity contribution < 1.29 is 28.2 Å². The van der Waals surface area contributed by atoms with Crippen LogP contribution in [0.5, 0.6) is 0 Å². The van der Waals surface area contributed by atoms with Crippen LogP contribution in [0.1, 0.15) is 65.2 Å². The fourth-order valence-electron chi connectivity index (χ4n) is 2.72. The molecule has 0 bridgehead atoms. The highest BCUT2D eigenvalue weighted by Gasteiger charge is 2.33. The molecule has 1 rings (SSSR count). The molecule has 0 aromatic heterocycles. The summed E-state index contributed by atoms with van der Waals surface area (Å²) in [6, 6.07) is 0.229. The van der Waals surface area contributed by atoms with Gasteiger partial charge in [-0.1, -0.05) is 26.7 Å². The van der Waals surface area contributed by atoms with E-state index in [2.05, 4.69) is 5.32 Å². The van der Waals surface area contributed by atoms with Crippen molar-refractivity contribution in [1.82, 2.24) is 5.32 Å². The third-order valence-corrected chi connectivity index (χ3v) is 5.66. The van der Waals surface area contributed by atoms with Crippen LogP contribution in [0.15, 0.2) is 0 Å². The normalized spacial score (nSPS) is 18.1. The topological polar surface area (TPSA) is 90.9 Å². The van der Waals surface area contributed by atoms with E-state index in [1.54, 1.807) is 0 Å². The Labute approximate surface area is 163 Å². The maximum Gasteiger partial charge on any atom is 0.509 e. The molecule has 0 radical (unpaired) electrons. The van der Waals surface area contributed by atoms with Crippen molar-refractivity contribution in [3.63, 3.8) is 0 Å². The molecule has 1 aliphatic heterocycles. The van der Waals surface area contributed by atoms with Gasteiger partial charge in [0, 0.05) is 12.5 Å². The zero-order valence-corrected chi connectivity index (χ0v) is 17.6. The van der Waals surface area contributed by atoms with Crippen molar-refractivity contribution >= 4 is 20.0 Å². The summed E-state index contributed by atoms with van der Waals surface area (Å²) >= 11 is 0. The van der Waals surface area contributed by atoms with Gasteiger partial charge in [-0.3, -0.25) is 9.59 Å². The van der Waals surface area contributed by atoms with E-state index in [4.69, 9.17) is 14.0 Å². The Morgan fingerprint density at radius 3 is 2.48 bits per heavy atom. The van der Waals surface area contributed by atoms with Gasteiger partial charge in [0.25, 0.3) is 0 Å². The fraction of sp³-hybridized carbons (Fsp3) is 0.895. The number of unbranched alkanes of at least 4 members (excludes halogenated alkanes) is 2. The van der Waals surface area contributed by atoms with E-state index < -0.39 is 19.9 Å². The summed E-state index contributed by atoms with van der Waals surface area (Å²) in [5.74, 6) is -1.35. The number of rotatable bonds is 15. The third kappa shape index (κ3) is 11.4. The van der Waals surface area contributed by atoms with E-state index in [-0.39, 0.29) is 31.0 Å². The van der Waals surface area contributed by atoms with Gasteiger partial charge in [-0.25, -0.2) is 0 Å². The molecular weight excluding hydrogens is 369 g/mol. The summed E-state index contributed by atoms with van der Waals surface area (Å²) in [5.41, 5.74) is 0. The first kappa shape index (κ1) is 24.0. The largest absolute Gasteiger partial charge is 0.509 e. The van der Waals surface area contributed by atoms with E-state index in [1.165, 1.54) is 0 Å². The minimum atomic E-state index is -1.97. The summed E-state index contributed by atoms with van der Waals surface area (Å²) in [6.45, 7) is 6.11. The van der Waals surface area contributed by atoms with Crippen molar-refractivity contribution in [1.29, 1.82) is 0 Å². The second-order valence-electron chi connectivity index (χ2n) is 6.94. The molecule has 27 heavy (non-hydrogen) atoms. The predicted octanol–water partition coefficient (Wildman–Crippen LogP) is 3.58. The molecule has 8 heteroatoms. The van der Waals surface area contributed by atoms with Crippen LogP contribution in [-0.4, -0.2) is 50.5 Å². The van der Waals surface area contributed by atoms with Crippen LogP contribution in [0.4, 0.5) is 0 Å². The van der Waals surface area contributed by atoms with Crippen molar-refractivity contribution in [2.45, 2.75) is 71.3 Å². The minimum absolute atomic E-state index is 0.0786. The Balaban J connectivity index is 2.43. The van der Waals surface area contributed by atoms with Crippen molar-refractivity contribution in [2.75, 3.05) is 32.5 Å². The zero-order valence-electron chi connectivity index (χ0n) is 16.7. The summed E-state index contributed by atoms with van der Waals surface area (Å²) < 4.78 is 28.1. The maximum absolute atomic E-state index is 12.3. The lowest BCUT2D eigenvalue weighted by molar-refractivity contribution is -0.149. The SMILES string of the molecule is CCCCOC(=O)CCC(C[P+](=O)OC[C@@H]1CCCN1)C(=O)OCCCC. The number of hydrogen-bond donors (Lipinski definition) is 1. The highest BCUT2D eigenvalue weighted by molar-refractivity contribution is 7.39. The van der Waals surface area contributed by atoms with Gasteiger partial charge in [-0.15, -0.1) is 4.52 Å². The molecule has 0 aromatic rings. The minimum Gasteiger partial charge on any atom is -0.466 e. The van der Waals surface area contributed by atoms with E-state index >= 15 is 0 Å². The first-order valence-electron chi connectivity index (χ1n) is 10.2. The van der Waals surface area contributed by atoms with Crippen molar-refractivity contribution in [3.8, 4) is 0 Å². The van der Waals surface area contributed by atoms with E-state index in [9.17, 15) is 14.2 Å². The lowest BCUT2D eigenvalue weighted by atomic mass is 10.1. The van der Waals surface area contributed by atoms with E-state index in [0.717, 1.165) is 45.1 Å². The molecular formula is C19H35NO6P+. The van der Waals surface area contributed by atoms with Gasteiger partial charge < -0.3 is 14.8 Å². The molecule has 0 saturated carbocycles. The molecule has 1 N–H and O–H groups in total. The lowest BCUT2D eigenvalue weighted by Gasteiger charge is -2.12.